The smallest absolute Gasteiger partial charge is 0.100 e. The molecule has 38 valence electrons. The largest absolute Gasteiger partial charge is 0.394 e. The molecular formula is C3H8O3. The molecule has 0 saturated heterocycles. The van der Waals surface area contributed by atoms with Gasteiger partial charge in [-0.05, 0) is 0 Å². The quantitative estimate of drug-likeness (QED) is 0.382. The lowest BCUT2D eigenvalue weighted by Gasteiger charge is -1.96. The predicted molar refractivity (Wildman–Crippen MR) is 20.2 cm³/mol. The van der Waals surface area contributed by atoms with Gasteiger partial charge in [0.2, 0.25) is 0 Å². The maximum Gasteiger partial charge on any atom is 0.100 e. The van der Waals surface area contributed by atoms with Crippen LogP contribution in [-0.4, -0.2) is 34.6 Å². The molecule has 0 spiro atoms. The van der Waals surface area contributed by atoms with E-state index >= 15 is 0 Å². The molecule has 2 unspecified atom stereocenters. The highest BCUT2D eigenvalue weighted by molar-refractivity contribution is 4.43. The van der Waals surface area contributed by atoms with Gasteiger partial charge in [-0.25, -0.2) is 0 Å². The lowest BCUT2D eigenvalue weighted by Crippen LogP contribution is -2.15. The summed E-state index contributed by atoms with van der Waals surface area (Å²) in [6.45, 7) is -2.14. The average molecular weight is 93.1 g/mol. The normalized spacial score (nSPS) is 22.2. The topological polar surface area (TPSA) is 60.7 Å². The zero-order valence-electron chi connectivity index (χ0n) is 4.20. The van der Waals surface area contributed by atoms with Gasteiger partial charge in [0.05, 0.1) is 14.6 Å². The van der Waals surface area contributed by atoms with Gasteiger partial charge in [-0.1, -0.05) is 0 Å². The second kappa shape index (κ2) is 3.08. The summed E-state index contributed by atoms with van der Waals surface area (Å²) in [6.07, 6.45) is -1.32. The molecule has 0 aliphatic heterocycles. The molecule has 3 N–H and O–H groups in total. The molecular weight excluding hydrogens is 84.0 g/mol. The van der Waals surface area contributed by atoms with Gasteiger partial charge >= 0.3 is 0 Å². The molecule has 0 aliphatic carbocycles. The molecule has 0 radical (unpaired) electrons. The van der Waals surface area contributed by atoms with Crippen LogP contribution in [0.1, 0.15) is 1.37 Å². The highest BCUT2D eigenvalue weighted by atomic mass is 16.3. The van der Waals surface area contributed by atoms with E-state index in [1.54, 1.807) is 0 Å². The Labute approximate surface area is 37.3 Å². The summed E-state index contributed by atoms with van der Waals surface area (Å²) in [6, 6.07) is 0. The van der Waals surface area contributed by atoms with Crippen LogP contribution >= 0.6 is 0 Å². The Morgan fingerprint density at radius 2 is 2.17 bits per heavy atom. The minimum Gasteiger partial charge on any atom is -0.394 e. The number of hydrogen-bond acceptors (Lipinski definition) is 3. The first kappa shape index (κ1) is 4.05. The Morgan fingerprint density at radius 1 is 1.67 bits per heavy atom. The van der Waals surface area contributed by atoms with E-state index in [0.717, 1.165) is 0 Å². The van der Waals surface area contributed by atoms with Crippen LogP contribution in [0.15, 0.2) is 0 Å². The molecule has 0 heterocycles. The Morgan fingerprint density at radius 3 is 2.17 bits per heavy atom. The summed E-state index contributed by atoms with van der Waals surface area (Å²) in [5, 5.41) is 24.3. The SMILES string of the molecule is [2H]C(O)C(O)CO. The van der Waals surface area contributed by atoms with Crippen molar-refractivity contribution >= 4 is 0 Å². The minimum atomic E-state index is -1.58. The molecule has 6 heavy (non-hydrogen) atoms. The van der Waals surface area contributed by atoms with Crippen LogP contribution in [0.4, 0.5) is 0 Å². The summed E-state index contributed by atoms with van der Waals surface area (Å²) in [4.78, 5) is 0. The van der Waals surface area contributed by atoms with Crippen LogP contribution < -0.4 is 0 Å². The Hall–Kier alpha value is -0.120. The molecule has 0 rings (SSSR count). The molecule has 3 heteroatoms. The third-order valence-corrected chi connectivity index (χ3v) is 0.359. The zero-order chi connectivity index (χ0) is 5.86. The number of aliphatic hydroxyl groups excluding tert-OH is 3. The summed E-state index contributed by atoms with van der Waals surface area (Å²) in [5.41, 5.74) is 0. The molecule has 0 aromatic heterocycles. The first-order valence-corrected chi connectivity index (χ1v) is 1.57. The van der Waals surface area contributed by atoms with Crippen molar-refractivity contribution < 1.29 is 16.7 Å². The fourth-order valence-corrected chi connectivity index (χ4v) is 0.0471. The van der Waals surface area contributed by atoms with E-state index in [1.807, 2.05) is 0 Å². The van der Waals surface area contributed by atoms with E-state index in [9.17, 15) is 0 Å². The molecule has 0 saturated carbocycles. The standard InChI is InChI=1S/C3H8O3/c4-1-3(6)2-5/h3-6H,1-2H2/i1D. The van der Waals surface area contributed by atoms with E-state index < -0.39 is 19.3 Å². The maximum atomic E-state index is 8.25. The molecule has 2 atom stereocenters. The van der Waals surface area contributed by atoms with Crippen LogP contribution in [0, 0.1) is 0 Å². The monoisotopic (exact) mass is 93.1 g/mol. The Balaban J connectivity index is 3.14. The third-order valence-electron chi connectivity index (χ3n) is 0.359. The van der Waals surface area contributed by atoms with Crippen molar-refractivity contribution in [1.82, 2.24) is 0 Å². The van der Waals surface area contributed by atoms with E-state index in [1.165, 1.54) is 0 Å². The van der Waals surface area contributed by atoms with Crippen molar-refractivity contribution in [3.05, 3.63) is 0 Å². The summed E-state index contributed by atoms with van der Waals surface area (Å²) in [7, 11) is 0. The van der Waals surface area contributed by atoms with Crippen LogP contribution in [0.5, 0.6) is 0 Å². The zero-order valence-corrected chi connectivity index (χ0v) is 3.20. The highest BCUT2D eigenvalue weighted by Gasteiger charge is 1.93. The molecule has 0 aliphatic rings. The van der Waals surface area contributed by atoms with Gasteiger partial charge in [-0.3, -0.25) is 0 Å². The molecule has 0 amide bonds. The second-order valence-corrected chi connectivity index (χ2v) is 0.899. The molecule has 3 nitrogen and oxygen atoms in total. The van der Waals surface area contributed by atoms with E-state index in [-0.39, 0.29) is 0 Å². The van der Waals surface area contributed by atoms with Crippen molar-refractivity contribution in [3.8, 4) is 0 Å². The van der Waals surface area contributed by atoms with Crippen LogP contribution in [0.25, 0.3) is 0 Å². The highest BCUT2D eigenvalue weighted by Crippen LogP contribution is 1.71. The van der Waals surface area contributed by atoms with Gasteiger partial charge in [-0.15, -0.1) is 0 Å². The van der Waals surface area contributed by atoms with Crippen LogP contribution in [-0.2, 0) is 0 Å². The first-order valence-electron chi connectivity index (χ1n) is 2.15. The molecule has 0 aromatic rings. The Bertz CT molecular complexity index is 47.4. The van der Waals surface area contributed by atoms with Crippen molar-refractivity contribution in [2.24, 2.45) is 0 Å². The van der Waals surface area contributed by atoms with E-state index in [0.29, 0.717) is 0 Å². The molecule has 0 bridgehead atoms. The number of rotatable bonds is 2. The Kier molecular flexibility index (Phi) is 2.08. The predicted octanol–water partition coefficient (Wildman–Crippen LogP) is -1.67. The molecule has 0 aromatic carbocycles. The minimum absolute atomic E-state index is 0.565. The maximum absolute atomic E-state index is 8.25. The van der Waals surface area contributed by atoms with Gasteiger partial charge in [0.15, 0.2) is 0 Å². The van der Waals surface area contributed by atoms with Crippen LogP contribution in [0.2, 0.25) is 0 Å². The third kappa shape index (κ3) is 2.14. The van der Waals surface area contributed by atoms with E-state index in [2.05, 4.69) is 0 Å². The lowest BCUT2D eigenvalue weighted by molar-refractivity contribution is 0.0450. The van der Waals surface area contributed by atoms with Crippen molar-refractivity contribution in [2.75, 3.05) is 13.2 Å². The molecule has 0 fully saturated rings. The summed E-state index contributed by atoms with van der Waals surface area (Å²) >= 11 is 0. The van der Waals surface area contributed by atoms with Crippen molar-refractivity contribution in [2.45, 2.75) is 6.10 Å². The first-order chi connectivity index (χ1) is 3.18. The summed E-state index contributed by atoms with van der Waals surface area (Å²) < 4.78 is 6.33. The van der Waals surface area contributed by atoms with Gasteiger partial charge < -0.3 is 15.3 Å². The van der Waals surface area contributed by atoms with Gasteiger partial charge in [0, 0.05) is 0 Å². The number of aliphatic hydroxyl groups is 3. The van der Waals surface area contributed by atoms with Crippen LogP contribution in [0.3, 0.4) is 0 Å². The van der Waals surface area contributed by atoms with Gasteiger partial charge in [0.25, 0.3) is 0 Å². The van der Waals surface area contributed by atoms with Gasteiger partial charge in [-0.2, -0.15) is 0 Å². The van der Waals surface area contributed by atoms with Crippen molar-refractivity contribution in [3.63, 3.8) is 0 Å². The lowest BCUT2D eigenvalue weighted by atomic mass is 10.4. The van der Waals surface area contributed by atoms with Gasteiger partial charge in [0.1, 0.15) is 6.10 Å². The average Bonchev–Trinajstić information content (AvgIpc) is 1.65. The second-order valence-electron chi connectivity index (χ2n) is 0.899. The fraction of sp³-hybridized carbons (Fsp3) is 1.00. The number of hydrogen-bond donors (Lipinski definition) is 3. The summed E-state index contributed by atoms with van der Waals surface area (Å²) in [5.74, 6) is 0. The van der Waals surface area contributed by atoms with E-state index in [4.69, 9.17) is 16.7 Å². The van der Waals surface area contributed by atoms with Crippen molar-refractivity contribution in [1.29, 1.82) is 0 Å². The fourth-order valence-electron chi connectivity index (χ4n) is 0.0471.